The third-order valence-corrected chi connectivity index (χ3v) is 5.26. The summed E-state index contributed by atoms with van der Waals surface area (Å²) in [7, 11) is -1.37. The summed E-state index contributed by atoms with van der Waals surface area (Å²) in [5.74, 6) is -0.0416. The van der Waals surface area contributed by atoms with Crippen LogP contribution in [0.3, 0.4) is 0 Å². The Morgan fingerprint density at radius 2 is 2.06 bits per heavy atom. The lowest BCUT2D eigenvalue weighted by Crippen LogP contribution is -2.37. The molecule has 1 atom stereocenters. The van der Waals surface area contributed by atoms with Crippen LogP contribution in [-0.4, -0.2) is 43.8 Å². The average molecular weight is 288 g/mol. The predicted molar refractivity (Wildman–Crippen MR) is 70.6 cm³/mol. The molecule has 1 aromatic rings. The number of sulfone groups is 1. The smallest absolute Gasteiger partial charge is 0.255 e. The number of amides is 1. The first-order chi connectivity index (χ1) is 8.41. The summed E-state index contributed by atoms with van der Waals surface area (Å²) >= 11 is 5.96. The highest BCUT2D eigenvalue weighted by Gasteiger charge is 2.33. The summed E-state index contributed by atoms with van der Waals surface area (Å²) in [6.07, 6.45) is 0.495. The molecule has 4 nitrogen and oxygen atoms in total. The van der Waals surface area contributed by atoms with Gasteiger partial charge in [-0.15, -0.1) is 0 Å². The minimum absolute atomic E-state index is 0.0414. The van der Waals surface area contributed by atoms with Crippen LogP contribution in [0.1, 0.15) is 16.8 Å². The first kappa shape index (κ1) is 13.4. The van der Waals surface area contributed by atoms with E-state index < -0.39 is 9.84 Å². The van der Waals surface area contributed by atoms with E-state index in [4.69, 9.17) is 11.6 Å². The largest absolute Gasteiger partial charge is 0.338 e. The molecule has 1 fully saturated rings. The van der Waals surface area contributed by atoms with Crippen molar-refractivity contribution in [3.63, 3.8) is 0 Å². The van der Waals surface area contributed by atoms with Crippen molar-refractivity contribution in [2.24, 2.45) is 0 Å². The monoisotopic (exact) mass is 287 g/mol. The third-order valence-electron chi connectivity index (χ3n) is 3.18. The molecule has 18 heavy (non-hydrogen) atoms. The quantitative estimate of drug-likeness (QED) is 0.830. The van der Waals surface area contributed by atoms with Gasteiger partial charge in [0, 0.05) is 13.1 Å². The van der Waals surface area contributed by atoms with Gasteiger partial charge >= 0.3 is 0 Å². The fourth-order valence-corrected chi connectivity index (χ4v) is 4.06. The summed E-state index contributed by atoms with van der Waals surface area (Å²) in [5.41, 5.74) is 0.408. The van der Waals surface area contributed by atoms with Gasteiger partial charge < -0.3 is 4.90 Å². The Kier molecular flexibility index (Phi) is 3.64. The number of rotatable bonds is 2. The lowest BCUT2D eigenvalue weighted by molar-refractivity contribution is 0.0748. The van der Waals surface area contributed by atoms with Gasteiger partial charge in [0.2, 0.25) is 0 Å². The van der Waals surface area contributed by atoms with Crippen molar-refractivity contribution in [1.82, 2.24) is 4.90 Å². The van der Waals surface area contributed by atoms with Crippen molar-refractivity contribution >= 4 is 27.3 Å². The van der Waals surface area contributed by atoms with Crippen LogP contribution in [0.4, 0.5) is 0 Å². The molecule has 0 radical (unpaired) electrons. The number of carbonyl (C=O) groups excluding carboxylic acids is 1. The van der Waals surface area contributed by atoms with Crippen molar-refractivity contribution in [2.45, 2.75) is 12.5 Å². The fraction of sp³-hybridized carbons (Fsp3) is 0.417. The highest BCUT2D eigenvalue weighted by Crippen LogP contribution is 2.21. The molecule has 0 aromatic heterocycles. The molecule has 0 spiro atoms. The van der Waals surface area contributed by atoms with Crippen LogP contribution in [0.5, 0.6) is 0 Å². The normalized spacial score (nSPS) is 21.8. The Labute approximate surface area is 111 Å². The van der Waals surface area contributed by atoms with Gasteiger partial charge in [0.25, 0.3) is 5.91 Å². The standard InChI is InChI=1S/C12H14ClNO3S/c1-14(9-6-7-18(16,17)8-9)12(15)10-4-2-3-5-11(10)13/h2-5,9H,6-8H2,1H3/t9-/m1/s1. The molecule has 6 heteroatoms. The van der Waals surface area contributed by atoms with Crippen molar-refractivity contribution in [3.8, 4) is 0 Å². The molecular weight excluding hydrogens is 274 g/mol. The maximum absolute atomic E-state index is 12.2. The van der Waals surface area contributed by atoms with Crippen LogP contribution >= 0.6 is 11.6 Å². The Bertz CT molecular complexity index is 570. The summed E-state index contributed by atoms with van der Waals surface area (Å²) < 4.78 is 22.8. The van der Waals surface area contributed by atoms with E-state index in [-0.39, 0.29) is 23.5 Å². The molecule has 98 valence electrons. The SMILES string of the molecule is CN(C(=O)c1ccccc1Cl)[C@@H]1CCS(=O)(=O)C1. The predicted octanol–water partition coefficient (Wildman–Crippen LogP) is 1.60. The lowest BCUT2D eigenvalue weighted by atomic mass is 10.1. The van der Waals surface area contributed by atoms with Crippen LogP contribution in [0, 0.1) is 0 Å². The van der Waals surface area contributed by atoms with Gasteiger partial charge in [-0.25, -0.2) is 8.42 Å². The Morgan fingerprint density at radius 3 is 2.61 bits per heavy atom. The summed E-state index contributed by atoms with van der Waals surface area (Å²) in [6.45, 7) is 0. The molecule has 2 rings (SSSR count). The Hall–Kier alpha value is -1.07. The number of hydrogen-bond acceptors (Lipinski definition) is 3. The minimum Gasteiger partial charge on any atom is -0.338 e. The van der Waals surface area contributed by atoms with E-state index in [1.165, 1.54) is 4.90 Å². The molecule has 1 aliphatic heterocycles. The molecule has 1 aliphatic rings. The molecule has 1 aromatic carbocycles. The Balaban J connectivity index is 2.18. The lowest BCUT2D eigenvalue weighted by Gasteiger charge is -2.23. The zero-order chi connectivity index (χ0) is 13.3. The molecule has 0 saturated carbocycles. The van der Waals surface area contributed by atoms with Crippen LogP contribution in [0.15, 0.2) is 24.3 Å². The van der Waals surface area contributed by atoms with E-state index in [2.05, 4.69) is 0 Å². The van der Waals surface area contributed by atoms with Crippen molar-refractivity contribution in [3.05, 3.63) is 34.9 Å². The second-order valence-corrected chi connectivity index (χ2v) is 7.09. The van der Waals surface area contributed by atoms with E-state index in [0.29, 0.717) is 17.0 Å². The third kappa shape index (κ3) is 2.67. The number of carbonyl (C=O) groups is 1. The second kappa shape index (κ2) is 4.90. The van der Waals surface area contributed by atoms with Gasteiger partial charge in [0.1, 0.15) is 0 Å². The molecular formula is C12H14ClNO3S. The van der Waals surface area contributed by atoms with Gasteiger partial charge in [-0.05, 0) is 18.6 Å². The zero-order valence-electron chi connectivity index (χ0n) is 9.97. The van der Waals surface area contributed by atoms with E-state index in [1.54, 1.807) is 31.3 Å². The van der Waals surface area contributed by atoms with Gasteiger partial charge in [-0.2, -0.15) is 0 Å². The van der Waals surface area contributed by atoms with E-state index in [0.717, 1.165) is 0 Å². The number of hydrogen-bond donors (Lipinski definition) is 0. The maximum atomic E-state index is 12.2. The van der Waals surface area contributed by atoms with Crippen LogP contribution in [0.25, 0.3) is 0 Å². The highest BCUT2D eigenvalue weighted by molar-refractivity contribution is 7.91. The molecule has 1 amide bonds. The Morgan fingerprint density at radius 1 is 1.39 bits per heavy atom. The van der Waals surface area contributed by atoms with E-state index >= 15 is 0 Å². The van der Waals surface area contributed by atoms with Crippen molar-refractivity contribution < 1.29 is 13.2 Å². The fourth-order valence-electron chi connectivity index (χ4n) is 2.07. The molecule has 1 saturated heterocycles. The second-order valence-electron chi connectivity index (χ2n) is 4.45. The maximum Gasteiger partial charge on any atom is 0.255 e. The summed E-state index contributed by atoms with van der Waals surface area (Å²) in [4.78, 5) is 13.7. The average Bonchev–Trinajstić information content (AvgIpc) is 2.68. The molecule has 0 N–H and O–H groups in total. The van der Waals surface area contributed by atoms with Gasteiger partial charge in [0.05, 0.1) is 22.1 Å². The number of benzene rings is 1. The van der Waals surface area contributed by atoms with Crippen molar-refractivity contribution in [1.29, 1.82) is 0 Å². The first-order valence-electron chi connectivity index (χ1n) is 5.63. The summed E-state index contributed by atoms with van der Waals surface area (Å²) in [5, 5.41) is 0.384. The van der Waals surface area contributed by atoms with Crippen molar-refractivity contribution in [2.75, 3.05) is 18.6 Å². The summed E-state index contributed by atoms with van der Waals surface area (Å²) in [6, 6.07) is 6.52. The van der Waals surface area contributed by atoms with E-state index in [9.17, 15) is 13.2 Å². The van der Waals surface area contributed by atoms with Gasteiger partial charge in [-0.1, -0.05) is 23.7 Å². The molecule has 0 aliphatic carbocycles. The minimum atomic E-state index is -2.99. The molecule has 0 unspecified atom stereocenters. The molecule has 1 heterocycles. The first-order valence-corrected chi connectivity index (χ1v) is 7.83. The van der Waals surface area contributed by atoms with Gasteiger partial charge in [-0.3, -0.25) is 4.79 Å². The van der Waals surface area contributed by atoms with Crippen LogP contribution < -0.4 is 0 Å². The van der Waals surface area contributed by atoms with Gasteiger partial charge in [0.15, 0.2) is 9.84 Å². The van der Waals surface area contributed by atoms with Crippen LogP contribution in [0.2, 0.25) is 5.02 Å². The van der Waals surface area contributed by atoms with Crippen LogP contribution in [-0.2, 0) is 9.84 Å². The number of halogens is 1. The highest BCUT2D eigenvalue weighted by atomic mass is 35.5. The molecule has 0 bridgehead atoms. The van der Waals surface area contributed by atoms with E-state index in [1.807, 2.05) is 0 Å². The topological polar surface area (TPSA) is 54.5 Å². The number of nitrogens with zero attached hydrogens (tertiary/aromatic N) is 1. The zero-order valence-corrected chi connectivity index (χ0v) is 11.5.